The number of hydrogen-bond acceptors (Lipinski definition) is 1. The first-order chi connectivity index (χ1) is 6.92. The highest BCUT2D eigenvalue weighted by atomic mass is 14.7. The lowest BCUT2D eigenvalue weighted by molar-refractivity contribution is 1.16. The van der Waals surface area contributed by atoms with Crippen molar-refractivity contribution in [2.45, 2.75) is 6.42 Å². The monoisotopic (exact) mass is 182 g/mol. The van der Waals surface area contributed by atoms with E-state index in [-0.39, 0.29) is 0 Å². The van der Waals surface area contributed by atoms with E-state index >= 15 is 0 Å². The molecular weight excluding hydrogens is 172 g/mol. The molecule has 0 aliphatic heterocycles. The van der Waals surface area contributed by atoms with Gasteiger partial charge in [-0.25, -0.2) is 0 Å². The first-order valence-corrected chi connectivity index (χ1v) is 4.50. The van der Waals surface area contributed by atoms with E-state index in [1.54, 1.807) is 0 Å². The largest absolute Gasteiger partial charge is 0.364 e. The van der Waals surface area contributed by atoms with Gasteiger partial charge in [0.1, 0.15) is 0 Å². The molecule has 14 heavy (non-hydrogen) atoms. The second kappa shape index (κ2) is 3.80. The SMILES string of the molecule is N#CCc1[nH]ccc1-c1ccccc1. The molecule has 0 fully saturated rings. The lowest BCUT2D eigenvalue weighted by atomic mass is 10.1. The van der Waals surface area contributed by atoms with Gasteiger partial charge >= 0.3 is 0 Å². The topological polar surface area (TPSA) is 39.6 Å². The van der Waals surface area contributed by atoms with Gasteiger partial charge in [0.2, 0.25) is 0 Å². The molecule has 1 aromatic heterocycles. The van der Waals surface area contributed by atoms with Crippen LogP contribution in [0.5, 0.6) is 0 Å². The Bertz CT molecular complexity index is 449. The fraction of sp³-hybridized carbons (Fsp3) is 0.0833. The van der Waals surface area contributed by atoms with Crippen molar-refractivity contribution in [2.24, 2.45) is 0 Å². The van der Waals surface area contributed by atoms with Gasteiger partial charge in [-0.2, -0.15) is 5.26 Å². The van der Waals surface area contributed by atoms with Gasteiger partial charge in [0, 0.05) is 17.5 Å². The van der Waals surface area contributed by atoms with Crippen LogP contribution in [0, 0.1) is 11.3 Å². The van der Waals surface area contributed by atoms with Gasteiger partial charge in [0.15, 0.2) is 0 Å². The molecule has 0 saturated carbocycles. The molecule has 2 rings (SSSR count). The summed E-state index contributed by atoms with van der Waals surface area (Å²) in [7, 11) is 0. The van der Waals surface area contributed by atoms with E-state index < -0.39 is 0 Å². The summed E-state index contributed by atoms with van der Waals surface area (Å²) in [5.41, 5.74) is 3.25. The Balaban J connectivity index is 2.43. The maximum atomic E-state index is 8.64. The van der Waals surface area contributed by atoms with E-state index in [2.05, 4.69) is 11.1 Å². The smallest absolute Gasteiger partial charge is 0.0758 e. The van der Waals surface area contributed by atoms with E-state index in [4.69, 9.17) is 5.26 Å². The molecule has 0 atom stereocenters. The number of nitriles is 1. The molecule has 1 heterocycles. The van der Waals surface area contributed by atoms with E-state index in [0.29, 0.717) is 6.42 Å². The zero-order valence-corrected chi connectivity index (χ0v) is 7.70. The Kier molecular flexibility index (Phi) is 2.33. The third kappa shape index (κ3) is 1.53. The second-order valence-electron chi connectivity index (χ2n) is 3.07. The van der Waals surface area contributed by atoms with Crippen molar-refractivity contribution in [1.29, 1.82) is 5.26 Å². The van der Waals surface area contributed by atoms with E-state index in [0.717, 1.165) is 16.8 Å². The zero-order chi connectivity index (χ0) is 9.80. The molecule has 0 unspecified atom stereocenters. The summed E-state index contributed by atoms with van der Waals surface area (Å²) in [5, 5.41) is 8.64. The van der Waals surface area contributed by atoms with Crippen molar-refractivity contribution in [3.63, 3.8) is 0 Å². The first kappa shape index (κ1) is 8.58. The molecule has 0 aliphatic rings. The third-order valence-corrected chi connectivity index (χ3v) is 2.17. The summed E-state index contributed by atoms with van der Waals surface area (Å²) < 4.78 is 0. The van der Waals surface area contributed by atoms with Crippen molar-refractivity contribution in [3.8, 4) is 17.2 Å². The molecule has 2 aromatic rings. The van der Waals surface area contributed by atoms with Crippen LogP contribution in [0.1, 0.15) is 5.69 Å². The average molecular weight is 182 g/mol. The summed E-state index contributed by atoms with van der Waals surface area (Å²) in [6.07, 6.45) is 2.30. The Labute approximate surface area is 82.8 Å². The Morgan fingerprint density at radius 2 is 1.93 bits per heavy atom. The first-order valence-electron chi connectivity index (χ1n) is 4.50. The van der Waals surface area contributed by atoms with Crippen LogP contribution in [0.3, 0.4) is 0 Å². The highest BCUT2D eigenvalue weighted by Gasteiger charge is 2.04. The minimum Gasteiger partial charge on any atom is -0.364 e. The Hall–Kier alpha value is -2.01. The van der Waals surface area contributed by atoms with Gasteiger partial charge in [-0.15, -0.1) is 0 Å². The van der Waals surface area contributed by atoms with Crippen LogP contribution >= 0.6 is 0 Å². The molecule has 1 N–H and O–H groups in total. The summed E-state index contributed by atoms with van der Waals surface area (Å²) in [4.78, 5) is 3.08. The summed E-state index contributed by atoms with van der Waals surface area (Å²) in [6, 6.07) is 14.2. The minimum absolute atomic E-state index is 0.428. The van der Waals surface area contributed by atoms with Gasteiger partial charge in [0.05, 0.1) is 12.5 Å². The number of benzene rings is 1. The summed E-state index contributed by atoms with van der Waals surface area (Å²) >= 11 is 0. The van der Waals surface area contributed by atoms with Crippen molar-refractivity contribution >= 4 is 0 Å². The molecule has 2 heteroatoms. The molecule has 0 bridgehead atoms. The number of H-pyrrole nitrogens is 1. The van der Waals surface area contributed by atoms with E-state index in [9.17, 15) is 0 Å². The number of hydrogen-bond donors (Lipinski definition) is 1. The second-order valence-corrected chi connectivity index (χ2v) is 3.07. The predicted molar refractivity (Wildman–Crippen MR) is 55.5 cm³/mol. The Morgan fingerprint density at radius 1 is 1.14 bits per heavy atom. The number of aromatic amines is 1. The maximum absolute atomic E-state index is 8.64. The van der Waals surface area contributed by atoms with E-state index in [1.807, 2.05) is 42.6 Å². The fourth-order valence-corrected chi connectivity index (χ4v) is 1.52. The minimum atomic E-state index is 0.428. The molecule has 0 aliphatic carbocycles. The highest BCUT2D eigenvalue weighted by molar-refractivity contribution is 5.66. The fourth-order valence-electron chi connectivity index (χ4n) is 1.52. The Morgan fingerprint density at radius 3 is 2.64 bits per heavy atom. The number of nitrogens with zero attached hydrogens (tertiary/aromatic N) is 1. The molecule has 0 saturated heterocycles. The lowest BCUT2D eigenvalue weighted by Gasteiger charge is -1.99. The van der Waals surface area contributed by atoms with Crippen LogP contribution in [0.4, 0.5) is 0 Å². The van der Waals surface area contributed by atoms with Gasteiger partial charge in [-0.1, -0.05) is 30.3 Å². The van der Waals surface area contributed by atoms with Gasteiger partial charge < -0.3 is 4.98 Å². The molecule has 0 amide bonds. The van der Waals surface area contributed by atoms with Crippen LogP contribution in [-0.4, -0.2) is 4.98 Å². The molecule has 0 spiro atoms. The summed E-state index contributed by atoms with van der Waals surface area (Å²) in [5.74, 6) is 0. The van der Waals surface area contributed by atoms with Crippen LogP contribution in [0.15, 0.2) is 42.6 Å². The van der Waals surface area contributed by atoms with Crippen molar-refractivity contribution < 1.29 is 0 Å². The van der Waals surface area contributed by atoms with Gasteiger partial charge in [-0.3, -0.25) is 0 Å². The summed E-state index contributed by atoms with van der Waals surface area (Å²) in [6.45, 7) is 0. The van der Waals surface area contributed by atoms with Crippen LogP contribution in [-0.2, 0) is 6.42 Å². The van der Waals surface area contributed by atoms with Crippen LogP contribution in [0.2, 0.25) is 0 Å². The van der Waals surface area contributed by atoms with Crippen molar-refractivity contribution in [2.75, 3.05) is 0 Å². The van der Waals surface area contributed by atoms with Crippen molar-refractivity contribution in [1.82, 2.24) is 4.98 Å². The normalized spacial score (nSPS) is 9.64. The van der Waals surface area contributed by atoms with Crippen LogP contribution < -0.4 is 0 Å². The zero-order valence-electron chi connectivity index (χ0n) is 7.70. The molecule has 1 aromatic carbocycles. The lowest BCUT2D eigenvalue weighted by Crippen LogP contribution is -1.84. The number of nitrogens with one attached hydrogen (secondary N) is 1. The number of rotatable bonds is 2. The van der Waals surface area contributed by atoms with E-state index in [1.165, 1.54) is 0 Å². The molecule has 0 radical (unpaired) electrons. The van der Waals surface area contributed by atoms with Gasteiger partial charge in [-0.05, 0) is 11.6 Å². The van der Waals surface area contributed by atoms with Gasteiger partial charge in [0.25, 0.3) is 0 Å². The highest BCUT2D eigenvalue weighted by Crippen LogP contribution is 2.22. The maximum Gasteiger partial charge on any atom is 0.0758 e. The molecule has 68 valence electrons. The molecule has 2 nitrogen and oxygen atoms in total. The third-order valence-electron chi connectivity index (χ3n) is 2.17. The van der Waals surface area contributed by atoms with Crippen LogP contribution in [0.25, 0.3) is 11.1 Å². The standard InChI is InChI=1S/C12H10N2/c13-8-6-12-11(7-9-14-12)10-4-2-1-3-5-10/h1-5,7,9,14H,6H2. The quantitative estimate of drug-likeness (QED) is 0.762. The number of aromatic nitrogens is 1. The van der Waals surface area contributed by atoms with Crippen molar-refractivity contribution in [3.05, 3.63) is 48.3 Å². The average Bonchev–Trinajstić information content (AvgIpc) is 2.68. The molecular formula is C12H10N2. The predicted octanol–water partition coefficient (Wildman–Crippen LogP) is 2.75.